The molecule has 0 spiro atoms. The van der Waals surface area contributed by atoms with Crippen molar-refractivity contribution in [1.29, 1.82) is 0 Å². The minimum Gasteiger partial charge on any atom is -0.399 e. The van der Waals surface area contributed by atoms with Crippen LogP contribution < -0.4 is 11.1 Å². The predicted octanol–water partition coefficient (Wildman–Crippen LogP) is 2.98. The molecule has 17 heavy (non-hydrogen) atoms. The van der Waals surface area contributed by atoms with E-state index in [1.54, 1.807) is 23.9 Å². The standard InChI is InChI=1S/C12H14F2N2S/c1-2-6-17-7-5-16-11-4-3-9(15)8-10(11)12(13)14/h1,3-4,8,12,16H,5-7,15H2. The summed E-state index contributed by atoms with van der Waals surface area (Å²) in [6.45, 7) is 0.593. The number of nitrogen functional groups attached to an aromatic ring is 1. The van der Waals surface area contributed by atoms with Gasteiger partial charge in [-0.25, -0.2) is 8.78 Å². The van der Waals surface area contributed by atoms with Gasteiger partial charge in [0.2, 0.25) is 0 Å². The number of alkyl halides is 2. The van der Waals surface area contributed by atoms with Gasteiger partial charge in [0, 0.05) is 29.2 Å². The number of nitrogens with one attached hydrogen (secondary N) is 1. The molecule has 1 rings (SSSR count). The number of thioether (sulfide) groups is 1. The second-order valence-electron chi connectivity index (χ2n) is 3.33. The first-order valence-electron chi connectivity index (χ1n) is 5.07. The van der Waals surface area contributed by atoms with Gasteiger partial charge in [-0.2, -0.15) is 0 Å². The molecule has 3 N–H and O–H groups in total. The summed E-state index contributed by atoms with van der Waals surface area (Å²) >= 11 is 1.58. The van der Waals surface area contributed by atoms with Gasteiger partial charge in [0.25, 0.3) is 6.43 Å². The van der Waals surface area contributed by atoms with Crippen molar-refractivity contribution < 1.29 is 8.78 Å². The van der Waals surface area contributed by atoms with Gasteiger partial charge in [-0.3, -0.25) is 0 Å². The van der Waals surface area contributed by atoms with Crippen LogP contribution in [-0.4, -0.2) is 18.1 Å². The summed E-state index contributed by atoms with van der Waals surface area (Å²) in [6.07, 6.45) is 2.57. The third-order valence-electron chi connectivity index (χ3n) is 2.06. The van der Waals surface area contributed by atoms with Crippen LogP contribution in [0.3, 0.4) is 0 Å². The first-order valence-corrected chi connectivity index (χ1v) is 6.23. The van der Waals surface area contributed by atoms with Gasteiger partial charge < -0.3 is 11.1 Å². The van der Waals surface area contributed by atoms with E-state index in [-0.39, 0.29) is 5.56 Å². The Morgan fingerprint density at radius 1 is 1.47 bits per heavy atom. The van der Waals surface area contributed by atoms with Crippen molar-refractivity contribution in [2.75, 3.05) is 29.1 Å². The van der Waals surface area contributed by atoms with Crippen LogP contribution in [0.25, 0.3) is 0 Å². The van der Waals surface area contributed by atoms with Crippen molar-refractivity contribution in [3.05, 3.63) is 23.8 Å². The van der Waals surface area contributed by atoms with Crippen molar-refractivity contribution in [1.82, 2.24) is 0 Å². The average molecular weight is 256 g/mol. The van der Waals surface area contributed by atoms with Gasteiger partial charge in [-0.1, -0.05) is 5.92 Å². The summed E-state index contributed by atoms with van der Waals surface area (Å²) in [5.41, 5.74) is 6.18. The second kappa shape index (κ2) is 7.02. The minimum absolute atomic E-state index is 0.0630. The van der Waals surface area contributed by atoms with Gasteiger partial charge in [-0.15, -0.1) is 18.2 Å². The third kappa shape index (κ3) is 4.53. The Labute approximate surface area is 104 Å². The van der Waals surface area contributed by atoms with E-state index < -0.39 is 6.43 Å². The van der Waals surface area contributed by atoms with E-state index in [2.05, 4.69) is 11.2 Å². The first kappa shape index (κ1) is 13.7. The van der Waals surface area contributed by atoms with Gasteiger partial charge in [0.15, 0.2) is 0 Å². The molecular formula is C12H14F2N2S. The SMILES string of the molecule is C#CCSCCNc1ccc(N)cc1C(F)F. The van der Waals surface area contributed by atoms with Crippen molar-refractivity contribution in [2.45, 2.75) is 6.43 Å². The summed E-state index contributed by atoms with van der Waals surface area (Å²) in [5, 5.41) is 2.96. The van der Waals surface area contributed by atoms with Crippen LogP contribution in [0, 0.1) is 12.3 Å². The van der Waals surface area contributed by atoms with Crippen LogP contribution in [0.2, 0.25) is 0 Å². The van der Waals surface area contributed by atoms with Crippen molar-refractivity contribution in [3.8, 4) is 12.3 Å². The monoisotopic (exact) mass is 256 g/mol. The lowest BCUT2D eigenvalue weighted by Gasteiger charge is -2.11. The van der Waals surface area contributed by atoms with Crippen LogP contribution in [-0.2, 0) is 0 Å². The highest BCUT2D eigenvalue weighted by Crippen LogP contribution is 2.28. The van der Waals surface area contributed by atoms with E-state index in [0.717, 1.165) is 5.75 Å². The number of terminal acetylenes is 1. The molecule has 2 nitrogen and oxygen atoms in total. The highest BCUT2D eigenvalue weighted by molar-refractivity contribution is 7.99. The molecule has 1 aromatic carbocycles. The molecule has 0 bridgehead atoms. The summed E-state index contributed by atoms with van der Waals surface area (Å²) in [7, 11) is 0. The zero-order valence-electron chi connectivity index (χ0n) is 9.25. The molecule has 0 aliphatic heterocycles. The molecule has 0 amide bonds. The molecule has 0 heterocycles. The molecule has 0 aliphatic carbocycles. The number of benzene rings is 1. The van der Waals surface area contributed by atoms with Gasteiger partial charge >= 0.3 is 0 Å². The maximum Gasteiger partial charge on any atom is 0.265 e. The van der Waals surface area contributed by atoms with Gasteiger partial charge in [0.05, 0.1) is 5.75 Å². The largest absolute Gasteiger partial charge is 0.399 e. The van der Waals surface area contributed by atoms with E-state index in [1.165, 1.54) is 6.07 Å². The Balaban J connectivity index is 2.55. The lowest BCUT2D eigenvalue weighted by Crippen LogP contribution is -2.07. The molecule has 92 valence electrons. The molecule has 0 fully saturated rings. The van der Waals surface area contributed by atoms with E-state index in [0.29, 0.717) is 23.7 Å². The molecule has 5 heteroatoms. The number of hydrogen-bond acceptors (Lipinski definition) is 3. The quantitative estimate of drug-likeness (QED) is 0.467. The van der Waals surface area contributed by atoms with Crippen LogP contribution in [0.4, 0.5) is 20.2 Å². The molecule has 0 radical (unpaired) electrons. The van der Waals surface area contributed by atoms with Crippen LogP contribution in [0.5, 0.6) is 0 Å². The van der Waals surface area contributed by atoms with Crippen molar-refractivity contribution in [2.24, 2.45) is 0 Å². The summed E-state index contributed by atoms with van der Waals surface area (Å²) < 4.78 is 25.4. The molecule has 0 aliphatic rings. The maximum absolute atomic E-state index is 12.7. The number of hydrogen-bond donors (Lipinski definition) is 2. The van der Waals surface area contributed by atoms with Crippen LogP contribution >= 0.6 is 11.8 Å². The van der Waals surface area contributed by atoms with Crippen molar-refractivity contribution >= 4 is 23.1 Å². The first-order chi connectivity index (χ1) is 8.15. The Morgan fingerprint density at radius 3 is 2.88 bits per heavy atom. The fraction of sp³-hybridized carbons (Fsp3) is 0.333. The van der Waals surface area contributed by atoms with E-state index in [4.69, 9.17) is 12.2 Å². The molecule has 0 saturated carbocycles. The fourth-order valence-electron chi connectivity index (χ4n) is 1.31. The minimum atomic E-state index is -2.53. The number of anilines is 2. The van der Waals surface area contributed by atoms with Gasteiger partial charge in [-0.05, 0) is 18.2 Å². The van der Waals surface area contributed by atoms with Crippen LogP contribution in [0.15, 0.2) is 18.2 Å². The zero-order valence-corrected chi connectivity index (χ0v) is 10.1. The van der Waals surface area contributed by atoms with E-state index in [1.807, 2.05) is 0 Å². The summed E-state index contributed by atoms with van der Waals surface area (Å²) in [6, 6.07) is 4.47. The smallest absolute Gasteiger partial charge is 0.265 e. The molecule has 0 saturated heterocycles. The number of halogens is 2. The zero-order chi connectivity index (χ0) is 12.7. The van der Waals surface area contributed by atoms with Gasteiger partial charge in [0.1, 0.15) is 0 Å². The van der Waals surface area contributed by atoms with E-state index in [9.17, 15) is 8.78 Å². The molecule has 0 atom stereocenters. The highest BCUT2D eigenvalue weighted by Gasteiger charge is 2.12. The molecular weight excluding hydrogens is 242 g/mol. The number of rotatable bonds is 6. The van der Waals surface area contributed by atoms with E-state index >= 15 is 0 Å². The van der Waals surface area contributed by atoms with Crippen molar-refractivity contribution in [3.63, 3.8) is 0 Å². The normalized spacial score (nSPS) is 10.2. The lowest BCUT2D eigenvalue weighted by atomic mass is 10.1. The topological polar surface area (TPSA) is 38.0 Å². The Morgan fingerprint density at radius 2 is 2.24 bits per heavy atom. The Hall–Kier alpha value is -1.41. The summed E-state index contributed by atoms with van der Waals surface area (Å²) in [5.74, 6) is 3.91. The predicted molar refractivity (Wildman–Crippen MR) is 70.5 cm³/mol. The lowest BCUT2D eigenvalue weighted by molar-refractivity contribution is 0.152. The fourth-order valence-corrected chi connectivity index (χ4v) is 1.82. The summed E-state index contributed by atoms with van der Waals surface area (Å²) in [4.78, 5) is 0. The second-order valence-corrected chi connectivity index (χ2v) is 4.44. The average Bonchev–Trinajstić information content (AvgIpc) is 2.30. The molecule has 0 unspecified atom stereocenters. The Kier molecular flexibility index (Phi) is 5.64. The molecule has 1 aromatic rings. The highest BCUT2D eigenvalue weighted by atomic mass is 32.2. The number of nitrogens with two attached hydrogens (primary N) is 1. The molecule has 0 aromatic heterocycles. The third-order valence-corrected chi connectivity index (χ3v) is 2.92. The maximum atomic E-state index is 12.7. The van der Waals surface area contributed by atoms with Crippen LogP contribution in [0.1, 0.15) is 12.0 Å². The Bertz CT molecular complexity index is 402.